The van der Waals surface area contributed by atoms with Crippen LogP contribution >= 0.6 is 0 Å². The van der Waals surface area contributed by atoms with Crippen LogP contribution in [0.3, 0.4) is 0 Å². The maximum atomic E-state index is 5.18. The fourth-order valence-corrected chi connectivity index (χ4v) is 6.23. The highest BCUT2D eigenvalue weighted by atomic mass is 15.1. The van der Waals surface area contributed by atoms with Crippen molar-refractivity contribution in [2.45, 2.75) is 27.7 Å². The predicted molar refractivity (Wildman–Crippen MR) is 216 cm³/mol. The first kappa shape index (κ1) is 34.1. The maximum Gasteiger partial charge on any atom is 0.0900 e. The highest BCUT2D eigenvalue weighted by molar-refractivity contribution is 5.79. The van der Waals surface area contributed by atoms with Gasteiger partial charge < -0.3 is 9.80 Å². The summed E-state index contributed by atoms with van der Waals surface area (Å²) in [5.41, 5.74) is 12.6. The molecule has 6 rings (SSSR count). The second kappa shape index (κ2) is 16.6. The second-order valence-corrected chi connectivity index (χ2v) is 12.3. The van der Waals surface area contributed by atoms with Crippen molar-refractivity contribution in [2.75, 3.05) is 36.0 Å². The molecule has 0 spiro atoms. The zero-order chi connectivity index (χ0) is 34.7. The van der Waals surface area contributed by atoms with E-state index in [1.54, 1.807) is 0 Å². The van der Waals surface area contributed by atoms with Gasteiger partial charge in [-0.25, -0.2) is 9.97 Å². The molecule has 0 unspecified atom stereocenters. The molecular formula is C46H46N4. The van der Waals surface area contributed by atoms with Crippen molar-refractivity contribution in [3.63, 3.8) is 0 Å². The number of aromatic nitrogens is 2. The Morgan fingerprint density at radius 2 is 0.700 bits per heavy atom. The summed E-state index contributed by atoms with van der Waals surface area (Å²) in [6.07, 6.45) is 8.70. The van der Waals surface area contributed by atoms with E-state index in [-0.39, 0.29) is 0 Å². The van der Waals surface area contributed by atoms with Crippen LogP contribution in [-0.4, -0.2) is 36.1 Å². The van der Waals surface area contributed by atoms with E-state index in [2.05, 4.69) is 183 Å². The summed E-state index contributed by atoms with van der Waals surface area (Å²) < 4.78 is 0. The van der Waals surface area contributed by atoms with Crippen LogP contribution in [0.15, 0.2) is 133 Å². The molecule has 0 radical (unpaired) electrons. The number of hydrogen-bond donors (Lipinski definition) is 0. The lowest BCUT2D eigenvalue weighted by atomic mass is 10.0. The number of rotatable bonds is 13. The van der Waals surface area contributed by atoms with Crippen LogP contribution in [0.2, 0.25) is 0 Å². The van der Waals surface area contributed by atoms with Crippen molar-refractivity contribution in [1.82, 2.24) is 9.97 Å². The molecule has 0 saturated heterocycles. The molecule has 0 N–H and O–H groups in total. The molecule has 4 nitrogen and oxygen atoms in total. The number of nitrogens with zero attached hydrogens (tertiary/aromatic N) is 4. The topological polar surface area (TPSA) is 32.3 Å². The van der Waals surface area contributed by atoms with Gasteiger partial charge in [-0.1, -0.05) is 109 Å². The van der Waals surface area contributed by atoms with Gasteiger partial charge in [0.05, 0.1) is 22.8 Å². The zero-order valence-corrected chi connectivity index (χ0v) is 29.6. The van der Waals surface area contributed by atoms with E-state index in [0.29, 0.717) is 0 Å². The quantitative estimate of drug-likeness (QED) is 0.124. The summed E-state index contributed by atoms with van der Waals surface area (Å²) in [4.78, 5) is 15.1. The smallest absolute Gasteiger partial charge is 0.0900 e. The van der Waals surface area contributed by atoms with Gasteiger partial charge in [-0.15, -0.1) is 0 Å². The molecule has 0 aliphatic carbocycles. The summed E-state index contributed by atoms with van der Waals surface area (Å²) in [5, 5.41) is 0. The molecule has 2 heterocycles. The van der Waals surface area contributed by atoms with Crippen LogP contribution in [0.5, 0.6) is 0 Å². The Hall–Kier alpha value is -5.74. The lowest BCUT2D eigenvalue weighted by Gasteiger charge is -2.20. The van der Waals surface area contributed by atoms with Gasteiger partial charge in [0.15, 0.2) is 0 Å². The minimum atomic E-state index is 0.832. The minimum Gasteiger partial charge on any atom is -0.372 e. The molecule has 0 atom stereocenters. The third-order valence-electron chi connectivity index (χ3n) is 9.08. The summed E-state index contributed by atoms with van der Waals surface area (Å²) in [7, 11) is 0. The van der Waals surface area contributed by atoms with Crippen molar-refractivity contribution < 1.29 is 0 Å². The number of benzene rings is 4. The van der Waals surface area contributed by atoms with E-state index >= 15 is 0 Å². The van der Waals surface area contributed by atoms with E-state index in [1.165, 1.54) is 11.4 Å². The van der Waals surface area contributed by atoms with Crippen LogP contribution in [0.1, 0.15) is 49.9 Å². The van der Waals surface area contributed by atoms with Gasteiger partial charge >= 0.3 is 0 Å². The van der Waals surface area contributed by atoms with E-state index in [0.717, 1.165) is 82.3 Å². The fourth-order valence-electron chi connectivity index (χ4n) is 6.23. The first-order chi connectivity index (χ1) is 24.6. The van der Waals surface area contributed by atoms with E-state index in [9.17, 15) is 0 Å². The lowest BCUT2D eigenvalue weighted by molar-refractivity contribution is 0.866. The Kier molecular flexibility index (Phi) is 11.3. The average Bonchev–Trinajstić information content (AvgIpc) is 3.18. The van der Waals surface area contributed by atoms with E-state index in [1.807, 2.05) is 12.1 Å². The first-order valence-electron chi connectivity index (χ1n) is 17.8. The Labute approximate surface area is 298 Å². The van der Waals surface area contributed by atoms with Gasteiger partial charge in [0.2, 0.25) is 0 Å². The van der Waals surface area contributed by atoms with Crippen molar-refractivity contribution in [3.05, 3.63) is 156 Å². The van der Waals surface area contributed by atoms with Gasteiger partial charge in [0, 0.05) is 48.7 Å². The van der Waals surface area contributed by atoms with Crippen molar-refractivity contribution >= 4 is 35.7 Å². The van der Waals surface area contributed by atoms with Gasteiger partial charge in [0.25, 0.3) is 0 Å². The van der Waals surface area contributed by atoms with Gasteiger partial charge in [-0.2, -0.15) is 0 Å². The zero-order valence-electron chi connectivity index (χ0n) is 29.6. The van der Waals surface area contributed by atoms with Crippen LogP contribution in [0, 0.1) is 0 Å². The van der Waals surface area contributed by atoms with Crippen LogP contribution in [0.4, 0.5) is 11.4 Å². The summed E-state index contributed by atoms with van der Waals surface area (Å²) in [5.74, 6) is 0. The maximum absolute atomic E-state index is 5.18. The second-order valence-electron chi connectivity index (χ2n) is 12.3. The molecule has 4 heteroatoms. The highest BCUT2D eigenvalue weighted by Crippen LogP contribution is 2.29. The Bertz CT molecular complexity index is 1870. The molecular weight excluding hydrogens is 609 g/mol. The van der Waals surface area contributed by atoms with Crippen LogP contribution in [-0.2, 0) is 0 Å². The first-order valence-corrected chi connectivity index (χ1v) is 17.8. The van der Waals surface area contributed by atoms with Gasteiger partial charge in [-0.3, -0.25) is 0 Å². The number of hydrogen-bond acceptors (Lipinski definition) is 4. The van der Waals surface area contributed by atoms with Crippen LogP contribution < -0.4 is 9.80 Å². The Balaban J connectivity index is 1.39. The lowest BCUT2D eigenvalue weighted by Crippen LogP contribution is -2.21. The monoisotopic (exact) mass is 654 g/mol. The third kappa shape index (κ3) is 8.45. The van der Waals surface area contributed by atoms with E-state index < -0.39 is 0 Å². The average molecular weight is 655 g/mol. The highest BCUT2D eigenvalue weighted by Gasteiger charge is 2.11. The molecule has 2 aromatic heterocycles. The summed E-state index contributed by atoms with van der Waals surface area (Å²) >= 11 is 0. The number of pyridine rings is 2. The number of anilines is 2. The normalized spacial score (nSPS) is 11.4. The molecule has 0 aliphatic rings. The predicted octanol–water partition coefficient (Wildman–Crippen LogP) is 11.5. The Morgan fingerprint density at radius 3 is 1.04 bits per heavy atom. The van der Waals surface area contributed by atoms with Crippen molar-refractivity contribution in [1.29, 1.82) is 0 Å². The molecule has 0 fully saturated rings. The molecule has 0 aliphatic heterocycles. The van der Waals surface area contributed by atoms with Gasteiger partial charge in [-0.05, 0) is 98.5 Å². The van der Waals surface area contributed by atoms with Gasteiger partial charge in [0.1, 0.15) is 0 Å². The fraction of sp³-hybridized carbons (Fsp3) is 0.174. The molecule has 4 aromatic carbocycles. The molecule has 250 valence electrons. The largest absolute Gasteiger partial charge is 0.372 e. The molecule has 6 aromatic rings. The van der Waals surface area contributed by atoms with Crippen molar-refractivity contribution in [3.8, 4) is 33.9 Å². The molecule has 0 saturated carbocycles. The minimum absolute atomic E-state index is 0.832. The SMILES string of the molecule is CCN(CC)c1ccc(/C=C/c2cc(-c3ccccc3)nc(-c3cc(/C=C/c4ccc(N(CC)CC)cc4)cc(-c4ccccc4)n3)c2)cc1. The van der Waals surface area contributed by atoms with Crippen LogP contribution in [0.25, 0.3) is 58.2 Å². The Morgan fingerprint density at radius 1 is 0.380 bits per heavy atom. The molecule has 0 bridgehead atoms. The third-order valence-corrected chi connectivity index (χ3v) is 9.08. The standard InChI is InChI=1S/C46H46N4/c1-5-49(6-2)41-27-23-35(24-28-41)19-21-37-31-43(39-15-11-9-12-16-39)47-45(33-37)46-34-38(32-44(48-46)40-17-13-10-14-18-40)22-20-36-25-29-42(30-26-36)50(7-3)8-4/h9-34H,5-8H2,1-4H3/b21-19+,22-20+. The van der Waals surface area contributed by atoms with Crippen molar-refractivity contribution in [2.24, 2.45) is 0 Å². The summed E-state index contributed by atoms with van der Waals surface area (Å²) in [6, 6.07) is 46.9. The summed E-state index contributed by atoms with van der Waals surface area (Å²) in [6.45, 7) is 12.8. The van der Waals surface area contributed by atoms with E-state index in [4.69, 9.17) is 9.97 Å². The molecule has 50 heavy (non-hydrogen) atoms. The molecule has 0 amide bonds.